The van der Waals surface area contributed by atoms with Crippen LogP contribution in [-0.2, 0) is 28.6 Å². The number of esters is 3. The van der Waals surface area contributed by atoms with Gasteiger partial charge in [0.1, 0.15) is 0 Å². The Morgan fingerprint density at radius 3 is 1.39 bits per heavy atom. The van der Waals surface area contributed by atoms with E-state index >= 15 is 0 Å². The molecule has 0 spiro atoms. The van der Waals surface area contributed by atoms with Crippen LogP contribution in [0.4, 0.5) is 0 Å². The van der Waals surface area contributed by atoms with Crippen LogP contribution in [0.15, 0.2) is 0 Å². The summed E-state index contributed by atoms with van der Waals surface area (Å²) in [6.07, 6.45) is 2.88. The Morgan fingerprint density at radius 1 is 0.714 bits per heavy atom. The number of rotatable bonds is 14. The highest BCUT2D eigenvalue weighted by Gasteiger charge is 2.60. The number of hydrogen-bond donors (Lipinski definition) is 0. The first-order valence-corrected chi connectivity index (χ1v) is 10.8. The summed E-state index contributed by atoms with van der Waals surface area (Å²) in [4.78, 5) is 39.5. The summed E-state index contributed by atoms with van der Waals surface area (Å²) in [5.74, 6) is -3.15. The van der Waals surface area contributed by atoms with Crippen molar-refractivity contribution in [2.45, 2.75) is 80.6 Å². The third-order valence-corrected chi connectivity index (χ3v) is 5.51. The van der Waals surface area contributed by atoms with Gasteiger partial charge in [-0.1, -0.05) is 47.0 Å². The fourth-order valence-corrected chi connectivity index (χ4v) is 4.18. The second-order valence-electron chi connectivity index (χ2n) is 7.15. The molecule has 3 unspecified atom stereocenters. The van der Waals surface area contributed by atoms with Crippen molar-refractivity contribution in [2.24, 2.45) is 23.2 Å². The first kappa shape index (κ1) is 26.4. The molecule has 0 saturated heterocycles. The normalized spacial score (nSPS) is 16.4. The Balaban J connectivity index is 6.79. The van der Waals surface area contributed by atoms with Gasteiger partial charge < -0.3 is 14.2 Å². The number of carbonyl (C=O) groups excluding carboxylic acids is 3. The van der Waals surface area contributed by atoms with Gasteiger partial charge in [0.25, 0.3) is 0 Å². The molecule has 0 aliphatic heterocycles. The Labute approximate surface area is 170 Å². The SMILES string of the molecule is CCCC(C(=O)OCC)C(C(=O)OCC)(C(C)CC)C(CCC)C(=O)OCC. The summed E-state index contributed by atoms with van der Waals surface area (Å²) in [5.41, 5.74) is -1.31. The van der Waals surface area contributed by atoms with E-state index in [1.807, 2.05) is 27.7 Å². The van der Waals surface area contributed by atoms with Crippen molar-refractivity contribution in [3.05, 3.63) is 0 Å². The molecule has 6 heteroatoms. The van der Waals surface area contributed by atoms with Crippen LogP contribution in [0.3, 0.4) is 0 Å². The number of hydrogen-bond acceptors (Lipinski definition) is 6. The van der Waals surface area contributed by atoms with Crippen molar-refractivity contribution in [3.8, 4) is 0 Å². The second kappa shape index (κ2) is 13.6. The lowest BCUT2D eigenvalue weighted by Gasteiger charge is -2.45. The molecule has 0 aromatic carbocycles. The molecule has 0 bridgehead atoms. The Bertz CT molecular complexity index is 459. The van der Waals surface area contributed by atoms with Crippen LogP contribution in [-0.4, -0.2) is 37.7 Å². The lowest BCUT2D eigenvalue weighted by atomic mass is 9.56. The van der Waals surface area contributed by atoms with Crippen LogP contribution >= 0.6 is 0 Å². The summed E-state index contributed by atoms with van der Waals surface area (Å²) < 4.78 is 16.2. The summed E-state index contributed by atoms with van der Waals surface area (Å²) in [6.45, 7) is 13.6. The third kappa shape index (κ3) is 5.95. The van der Waals surface area contributed by atoms with E-state index in [1.54, 1.807) is 20.8 Å². The van der Waals surface area contributed by atoms with E-state index in [2.05, 4.69) is 0 Å². The van der Waals surface area contributed by atoms with Gasteiger partial charge in [0.05, 0.1) is 37.1 Å². The molecule has 0 aliphatic carbocycles. The molecular weight excluding hydrogens is 360 g/mol. The van der Waals surface area contributed by atoms with Gasteiger partial charge in [-0.05, 0) is 39.5 Å². The van der Waals surface area contributed by atoms with Crippen LogP contribution in [0.5, 0.6) is 0 Å². The summed E-state index contributed by atoms with van der Waals surface area (Å²) in [6, 6.07) is 0. The van der Waals surface area contributed by atoms with Crippen molar-refractivity contribution < 1.29 is 28.6 Å². The molecule has 0 aromatic heterocycles. The lowest BCUT2D eigenvalue weighted by Crippen LogP contribution is -2.56. The van der Waals surface area contributed by atoms with Crippen molar-refractivity contribution in [3.63, 3.8) is 0 Å². The maximum atomic E-state index is 13.5. The first-order valence-electron chi connectivity index (χ1n) is 10.8. The average Bonchev–Trinajstić information content (AvgIpc) is 2.66. The monoisotopic (exact) mass is 400 g/mol. The molecule has 0 aliphatic rings. The second-order valence-corrected chi connectivity index (χ2v) is 7.15. The van der Waals surface area contributed by atoms with E-state index in [-0.39, 0.29) is 25.7 Å². The molecule has 0 amide bonds. The molecule has 0 saturated carbocycles. The maximum Gasteiger partial charge on any atom is 0.314 e. The van der Waals surface area contributed by atoms with Gasteiger partial charge in [-0.2, -0.15) is 0 Å². The van der Waals surface area contributed by atoms with Crippen molar-refractivity contribution in [1.29, 1.82) is 0 Å². The van der Waals surface area contributed by atoms with Crippen LogP contribution in [0.2, 0.25) is 0 Å². The van der Waals surface area contributed by atoms with Gasteiger partial charge in [-0.15, -0.1) is 0 Å². The fourth-order valence-electron chi connectivity index (χ4n) is 4.18. The molecule has 3 atom stereocenters. The Morgan fingerprint density at radius 2 is 1.11 bits per heavy atom. The van der Waals surface area contributed by atoms with Crippen molar-refractivity contribution in [2.75, 3.05) is 19.8 Å². The Kier molecular flexibility index (Phi) is 12.8. The molecule has 0 radical (unpaired) electrons. The molecule has 0 fully saturated rings. The van der Waals surface area contributed by atoms with Gasteiger partial charge in [0.2, 0.25) is 0 Å². The van der Waals surface area contributed by atoms with Crippen molar-refractivity contribution in [1.82, 2.24) is 0 Å². The standard InChI is InChI=1S/C22H40O6/c1-8-14-17(19(23)26-11-4)22(16(7)10-3,21(25)28-13-6)18(15-9-2)20(24)27-12-5/h16-18H,8-15H2,1-7H3. The summed E-state index contributed by atoms with van der Waals surface area (Å²) >= 11 is 0. The van der Waals surface area contributed by atoms with E-state index in [4.69, 9.17) is 14.2 Å². The van der Waals surface area contributed by atoms with Gasteiger partial charge in [-0.3, -0.25) is 14.4 Å². The van der Waals surface area contributed by atoms with E-state index in [1.165, 1.54) is 0 Å². The zero-order valence-corrected chi connectivity index (χ0v) is 18.8. The van der Waals surface area contributed by atoms with Crippen LogP contribution in [0, 0.1) is 23.2 Å². The molecule has 0 rings (SSSR count). The molecular formula is C22H40O6. The minimum absolute atomic E-state index is 0.181. The van der Waals surface area contributed by atoms with Crippen LogP contribution in [0.25, 0.3) is 0 Å². The average molecular weight is 401 g/mol. The minimum Gasteiger partial charge on any atom is -0.466 e. The Hall–Kier alpha value is -1.59. The largest absolute Gasteiger partial charge is 0.466 e. The van der Waals surface area contributed by atoms with Gasteiger partial charge >= 0.3 is 17.9 Å². The number of ether oxygens (including phenoxy) is 3. The third-order valence-electron chi connectivity index (χ3n) is 5.51. The van der Waals surface area contributed by atoms with Gasteiger partial charge in [0.15, 0.2) is 0 Å². The summed E-state index contributed by atoms with van der Waals surface area (Å²) in [7, 11) is 0. The molecule has 6 nitrogen and oxygen atoms in total. The number of carbonyl (C=O) groups is 3. The van der Waals surface area contributed by atoms with Crippen LogP contribution < -0.4 is 0 Å². The summed E-state index contributed by atoms with van der Waals surface area (Å²) in [5, 5.41) is 0. The lowest BCUT2D eigenvalue weighted by molar-refractivity contribution is -0.188. The molecule has 0 aromatic rings. The topological polar surface area (TPSA) is 78.9 Å². The zero-order chi connectivity index (χ0) is 21.7. The van der Waals surface area contributed by atoms with Gasteiger partial charge in [-0.25, -0.2) is 0 Å². The van der Waals surface area contributed by atoms with E-state index in [9.17, 15) is 14.4 Å². The highest BCUT2D eigenvalue weighted by Crippen LogP contribution is 2.50. The molecule has 0 N–H and O–H groups in total. The quantitative estimate of drug-likeness (QED) is 0.315. The van der Waals surface area contributed by atoms with Crippen molar-refractivity contribution >= 4 is 17.9 Å². The predicted molar refractivity (Wildman–Crippen MR) is 109 cm³/mol. The smallest absolute Gasteiger partial charge is 0.314 e. The first-order chi connectivity index (χ1) is 13.3. The molecule has 164 valence electrons. The fraction of sp³-hybridized carbons (Fsp3) is 0.864. The molecule has 0 heterocycles. The highest BCUT2D eigenvalue weighted by molar-refractivity contribution is 5.91. The van der Waals surface area contributed by atoms with Gasteiger partial charge in [0, 0.05) is 0 Å². The van der Waals surface area contributed by atoms with E-state index in [0.29, 0.717) is 32.1 Å². The van der Waals surface area contributed by atoms with E-state index < -0.39 is 35.2 Å². The molecule has 28 heavy (non-hydrogen) atoms. The maximum absolute atomic E-state index is 13.5. The highest BCUT2D eigenvalue weighted by atomic mass is 16.5. The van der Waals surface area contributed by atoms with E-state index in [0.717, 1.165) is 0 Å². The zero-order valence-electron chi connectivity index (χ0n) is 18.8. The minimum atomic E-state index is -1.31. The predicted octanol–water partition coefficient (Wildman–Crippen LogP) is 4.54. The van der Waals surface area contributed by atoms with Crippen LogP contribution in [0.1, 0.15) is 80.6 Å².